The Morgan fingerprint density at radius 1 is 1.24 bits per heavy atom. The lowest BCUT2D eigenvalue weighted by molar-refractivity contribution is 0.157. The van der Waals surface area contributed by atoms with E-state index in [0.717, 1.165) is 11.8 Å². The third-order valence-corrected chi connectivity index (χ3v) is 8.77. The smallest absolute Gasteiger partial charge is 0.507 e. The van der Waals surface area contributed by atoms with Crippen LogP contribution in [0, 0.1) is 11.8 Å². The highest BCUT2D eigenvalue weighted by Gasteiger charge is 2.53. The van der Waals surface area contributed by atoms with E-state index in [2.05, 4.69) is 26.1 Å². The highest BCUT2D eigenvalue weighted by Crippen LogP contribution is 2.63. The molecule has 0 aromatic rings. The Bertz CT molecular complexity index is 315. The average Bonchev–Trinajstić information content (AvgIpc) is 2.81. The molecular formula is C12H24O3Si2. The SMILES string of the molecule is CO[SiH](OC)OC1=CC2CC1([SiH](C)C)CC2C. The monoisotopic (exact) mass is 272 g/mol. The Hall–Kier alpha value is -0.106. The zero-order valence-corrected chi connectivity index (χ0v) is 13.8. The van der Waals surface area contributed by atoms with Gasteiger partial charge in [0.1, 0.15) is 0 Å². The Morgan fingerprint density at radius 2 is 1.88 bits per heavy atom. The third-order valence-electron chi connectivity index (χ3n) is 4.59. The predicted octanol–water partition coefficient (Wildman–Crippen LogP) is 2.18. The largest absolute Gasteiger partial charge is 0.548 e. The molecule has 3 atom stereocenters. The van der Waals surface area contributed by atoms with Crippen molar-refractivity contribution in [1.82, 2.24) is 0 Å². The van der Waals surface area contributed by atoms with E-state index in [4.69, 9.17) is 13.3 Å². The standard InChI is InChI=1S/C12H24O3Si2/c1-9-7-12(16(4)5)8-10(9)6-11(12)15-17(13-2)14-3/h6,9-10,16-17H,7-8H2,1-5H3. The highest BCUT2D eigenvalue weighted by atomic mass is 28.3. The molecule has 2 rings (SSSR count). The molecule has 98 valence electrons. The van der Waals surface area contributed by atoms with Gasteiger partial charge in [-0.15, -0.1) is 0 Å². The maximum Gasteiger partial charge on any atom is 0.548 e. The van der Waals surface area contributed by atoms with Crippen LogP contribution < -0.4 is 0 Å². The fourth-order valence-corrected chi connectivity index (χ4v) is 6.79. The molecular weight excluding hydrogens is 248 g/mol. The van der Waals surface area contributed by atoms with E-state index in [1.807, 2.05) is 0 Å². The first-order chi connectivity index (χ1) is 8.03. The van der Waals surface area contributed by atoms with E-state index in [1.54, 1.807) is 14.2 Å². The van der Waals surface area contributed by atoms with Crippen LogP contribution in [0.25, 0.3) is 0 Å². The van der Waals surface area contributed by atoms with E-state index in [0.29, 0.717) is 5.04 Å². The number of rotatable bonds is 5. The molecule has 0 aromatic carbocycles. The molecule has 2 aliphatic rings. The summed E-state index contributed by atoms with van der Waals surface area (Å²) in [6, 6.07) is 0. The van der Waals surface area contributed by atoms with Gasteiger partial charge in [0.15, 0.2) is 0 Å². The normalized spacial score (nSPS) is 35.8. The Balaban J connectivity index is 2.17. The van der Waals surface area contributed by atoms with Gasteiger partial charge in [0.05, 0.1) is 5.76 Å². The van der Waals surface area contributed by atoms with Crippen LogP contribution in [0.3, 0.4) is 0 Å². The van der Waals surface area contributed by atoms with Crippen molar-refractivity contribution >= 4 is 18.3 Å². The maximum absolute atomic E-state index is 6.05. The van der Waals surface area contributed by atoms with Gasteiger partial charge in [-0.2, -0.15) is 0 Å². The molecule has 0 aliphatic heterocycles. The lowest BCUT2D eigenvalue weighted by atomic mass is 9.95. The summed E-state index contributed by atoms with van der Waals surface area (Å²) >= 11 is 0. The molecule has 3 unspecified atom stereocenters. The molecule has 0 aromatic heterocycles. The third kappa shape index (κ3) is 2.14. The molecule has 1 fully saturated rings. The van der Waals surface area contributed by atoms with E-state index >= 15 is 0 Å². The van der Waals surface area contributed by atoms with Crippen LogP contribution in [0.5, 0.6) is 0 Å². The fraction of sp³-hybridized carbons (Fsp3) is 0.833. The molecule has 0 N–H and O–H groups in total. The number of hydrogen-bond acceptors (Lipinski definition) is 3. The first kappa shape index (κ1) is 13.3. The summed E-state index contributed by atoms with van der Waals surface area (Å²) < 4.78 is 16.6. The summed E-state index contributed by atoms with van der Waals surface area (Å²) in [5, 5.41) is 0.381. The van der Waals surface area contributed by atoms with Gasteiger partial charge in [-0.05, 0) is 30.8 Å². The van der Waals surface area contributed by atoms with Crippen LogP contribution >= 0.6 is 0 Å². The molecule has 3 nitrogen and oxygen atoms in total. The summed E-state index contributed by atoms with van der Waals surface area (Å²) in [7, 11) is 0.649. The lowest BCUT2D eigenvalue weighted by Crippen LogP contribution is -2.33. The molecule has 1 saturated carbocycles. The number of hydrogen-bond donors (Lipinski definition) is 0. The molecule has 0 heterocycles. The zero-order valence-electron chi connectivity index (χ0n) is 11.5. The molecule has 5 heteroatoms. The summed E-state index contributed by atoms with van der Waals surface area (Å²) in [6.07, 6.45) is 4.98. The van der Waals surface area contributed by atoms with Crippen LogP contribution in [-0.2, 0) is 13.3 Å². The molecule has 0 spiro atoms. The average molecular weight is 272 g/mol. The van der Waals surface area contributed by atoms with Crippen LogP contribution in [0.1, 0.15) is 19.8 Å². The van der Waals surface area contributed by atoms with E-state index in [9.17, 15) is 0 Å². The molecule has 2 aliphatic carbocycles. The second kappa shape index (κ2) is 4.87. The number of allylic oxidation sites excluding steroid dienone is 2. The second-order valence-corrected chi connectivity index (χ2v) is 10.9. The Labute approximate surface area is 108 Å². The minimum absolute atomic E-state index is 0.381. The van der Waals surface area contributed by atoms with Gasteiger partial charge in [0.25, 0.3) is 0 Å². The Kier molecular flexibility index (Phi) is 3.82. The lowest BCUT2D eigenvalue weighted by Gasteiger charge is -2.35. The van der Waals surface area contributed by atoms with Gasteiger partial charge in [0.2, 0.25) is 0 Å². The van der Waals surface area contributed by atoms with Crippen molar-refractivity contribution in [2.24, 2.45) is 11.8 Å². The quantitative estimate of drug-likeness (QED) is 0.718. The first-order valence-electron chi connectivity index (χ1n) is 6.48. The van der Waals surface area contributed by atoms with Crippen molar-refractivity contribution in [3.05, 3.63) is 11.8 Å². The number of fused-ring (bicyclic) bond motifs is 2. The fourth-order valence-electron chi connectivity index (χ4n) is 3.42. The van der Waals surface area contributed by atoms with Crippen molar-refractivity contribution in [3.8, 4) is 0 Å². The van der Waals surface area contributed by atoms with E-state index in [-0.39, 0.29) is 0 Å². The van der Waals surface area contributed by atoms with Gasteiger partial charge in [-0.1, -0.05) is 20.0 Å². The minimum Gasteiger partial charge on any atom is -0.507 e. The van der Waals surface area contributed by atoms with E-state index in [1.165, 1.54) is 18.6 Å². The minimum atomic E-state index is -1.93. The topological polar surface area (TPSA) is 27.7 Å². The van der Waals surface area contributed by atoms with Gasteiger partial charge < -0.3 is 13.3 Å². The summed E-state index contributed by atoms with van der Waals surface area (Å²) in [5.41, 5.74) is 0. The first-order valence-corrected chi connectivity index (χ1v) is 10.8. The zero-order chi connectivity index (χ0) is 12.6. The molecule has 2 bridgehead atoms. The predicted molar refractivity (Wildman–Crippen MR) is 73.8 cm³/mol. The molecule has 0 saturated heterocycles. The molecule has 0 radical (unpaired) electrons. The van der Waals surface area contributed by atoms with Crippen LogP contribution in [0.15, 0.2) is 11.8 Å². The highest BCUT2D eigenvalue weighted by molar-refractivity contribution is 6.60. The van der Waals surface area contributed by atoms with Crippen molar-refractivity contribution in [2.75, 3.05) is 14.2 Å². The maximum atomic E-state index is 6.05. The van der Waals surface area contributed by atoms with Crippen LogP contribution in [0.4, 0.5) is 0 Å². The van der Waals surface area contributed by atoms with Crippen LogP contribution in [0.2, 0.25) is 18.1 Å². The van der Waals surface area contributed by atoms with Gasteiger partial charge in [-0.25, -0.2) is 0 Å². The van der Waals surface area contributed by atoms with Crippen molar-refractivity contribution in [2.45, 2.75) is 37.9 Å². The molecule has 0 amide bonds. The van der Waals surface area contributed by atoms with Crippen molar-refractivity contribution in [1.29, 1.82) is 0 Å². The van der Waals surface area contributed by atoms with Crippen molar-refractivity contribution in [3.63, 3.8) is 0 Å². The molecule has 17 heavy (non-hydrogen) atoms. The van der Waals surface area contributed by atoms with Crippen LogP contribution in [-0.4, -0.2) is 32.5 Å². The summed E-state index contributed by atoms with van der Waals surface area (Å²) in [4.78, 5) is 0. The van der Waals surface area contributed by atoms with Gasteiger partial charge in [0, 0.05) is 28.1 Å². The summed E-state index contributed by atoms with van der Waals surface area (Å²) in [5.74, 6) is 2.76. The van der Waals surface area contributed by atoms with Gasteiger partial charge >= 0.3 is 9.53 Å². The van der Waals surface area contributed by atoms with Crippen molar-refractivity contribution < 1.29 is 13.3 Å². The second-order valence-electron chi connectivity index (χ2n) is 5.77. The van der Waals surface area contributed by atoms with E-state index < -0.39 is 18.3 Å². The van der Waals surface area contributed by atoms with Gasteiger partial charge in [-0.3, -0.25) is 0 Å². The Morgan fingerprint density at radius 3 is 2.35 bits per heavy atom. The summed E-state index contributed by atoms with van der Waals surface area (Å²) in [6.45, 7) is 7.25.